The number of hydrogen-bond donors (Lipinski definition) is 0. The second-order valence-corrected chi connectivity index (χ2v) is 7.41. The molecular weight excluding hydrogens is 408 g/mol. The molecule has 0 spiro atoms. The summed E-state index contributed by atoms with van der Waals surface area (Å²) in [7, 11) is 0. The van der Waals surface area contributed by atoms with Crippen LogP contribution < -0.4 is 9.80 Å². The van der Waals surface area contributed by atoms with Crippen LogP contribution in [0.25, 0.3) is 23.0 Å². The molecule has 3 heterocycles. The lowest BCUT2D eigenvalue weighted by Crippen LogP contribution is -2.46. The van der Waals surface area contributed by atoms with Gasteiger partial charge < -0.3 is 14.3 Å². The molecule has 0 N–H and O–H groups in total. The topological polar surface area (TPSA) is 101 Å². The van der Waals surface area contributed by atoms with Crippen molar-refractivity contribution >= 4 is 17.1 Å². The molecule has 0 aliphatic carbocycles. The fourth-order valence-electron chi connectivity index (χ4n) is 3.85. The van der Waals surface area contributed by atoms with Crippen LogP contribution >= 0.6 is 0 Å². The first kappa shape index (κ1) is 19.7. The van der Waals surface area contributed by atoms with E-state index in [0.29, 0.717) is 30.0 Å². The molecule has 0 atom stereocenters. The normalized spacial score (nSPS) is 13.9. The second-order valence-electron chi connectivity index (χ2n) is 7.41. The summed E-state index contributed by atoms with van der Waals surface area (Å²) in [6, 6.07) is 20.6. The molecule has 0 amide bonds. The predicted molar refractivity (Wildman–Crippen MR) is 120 cm³/mol. The zero-order chi connectivity index (χ0) is 21.9. The number of rotatable bonds is 5. The Hall–Kier alpha value is -4.27. The lowest BCUT2D eigenvalue weighted by atomic mass is 10.1. The number of benzene rings is 2. The molecule has 32 heavy (non-hydrogen) atoms. The van der Waals surface area contributed by atoms with Crippen molar-refractivity contribution in [1.82, 2.24) is 15.1 Å². The summed E-state index contributed by atoms with van der Waals surface area (Å²) in [5.74, 6) is 0.554. The minimum atomic E-state index is -0.359. The van der Waals surface area contributed by atoms with E-state index in [0.717, 1.165) is 18.8 Å². The maximum absolute atomic E-state index is 11.9. The van der Waals surface area contributed by atoms with E-state index in [1.54, 1.807) is 30.5 Å². The van der Waals surface area contributed by atoms with E-state index in [4.69, 9.17) is 4.52 Å². The average Bonchev–Trinajstić information content (AvgIpc) is 3.35. The Morgan fingerprint density at radius 1 is 0.906 bits per heavy atom. The Morgan fingerprint density at radius 3 is 2.38 bits per heavy atom. The maximum Gasteiger partial charge on any atom is 0.293 e. The van der Waals surface area contributed by atoms with Gasteiger partial charge in [0, 0.05) is 49.7 Å². The third-order valence-electron chi connectivity index (χ3n) is 5.48. The lowest BCUT2D eigenvalue weighted by molar-refractivity contribution is -0.384. The van der Waals surface area contributed by atoms with Gasteiger partial charge in [0.25, 0.3) is 11.6 Å². The monoisotopic (exact) mass is 428 g/mol. The van der Waals surface area contributed by atoms with Crippen molar-refractivity contribution in [2.45, 2.75) is 0 Å². The predicted octanol–water partition coefficient (Wildman–Crippen LogP) is 4.03. The summed E-state index contributed by atoms with van der Waals surface area (Å²) in [4.78, 5) is 24.4. The van der Waals surface area contributed by atoms with Gasteiger partial charge in [-0.2, -0.15) is 4.98 Å². The fourth-order valence-corrected chi connectivity index (χ4v) is 3.85. The first-order valence-electron chi connectivity index (χ1n) is 10.3. The molecule has 2 aromatic heterocycles. The molecule has 0 saturated carbocycles. The number of nitrogens with zero attached hydrogens (tertiary/aromatic N) is 6. The summed E-state index contributed by atoms with van der Waals surface area (Å²) in [6.45, 7) is 2.98. The summed E-state index contributed by atoms with van der Waals surface area (Å²) in [6.07, 6.45) is 1.64. The van der Waals surface area contributed by atoms with Crippen LogP contribution in [-0.2, 0) is 0 Å². The SMILES string of the molecule is O=[N+]([O-])c1cc(-c2noc(-c3ccccn3)n2)ccc1N1CCN(c2ccccc2)CC1. The van der Waals surface area contributed by atoms with Crippen LogP contribution in [0.15, 0.2) is 77.4 Å². The molecule has 9 nitrogen and oxygen atoms in total. The molecule has 1 aliphatic heterocycles. The van der Waals surface area contributed by atoms with E-state index in [2.05, 4.69) is 37.1 Å². The molecule has 1 saturated heterocycles. The number of piperazine rings is 1. The minimum Gasteiger partial charge on any atom is -0.368 e. The highest BCUT2D eigenvalue weighted by atomic mass is 16.6. The van der Waals surface area contributed by atoms with E-state index in [-0.39, 0.29) is 22.3 Å². The molecule has 9 heteroatoms. The van der Waals surface area contributed by atoms with Gasteiger partial charge >= 0.3 is 0 Å². The second kappa shape index (κ2) is 8.46. The molecule has 1 fully saturated rings. The van der Waals surface area contributed by atoms with Gasteiger partial charge in [0.1, 0.15) is 11.4 Å². The fraction of sp³-hybridized carbons (Fsp3) is 0.174. The molecule has 2 aromatic carbocycles. The summed E-state index contributed by atoms with van der Waals surface area (Å²) in [5, 5.41) is 15.8. The van der Waals surface area contributed by atoms with Gasteiger partial charge in [0.2, 0.25) is 5.82 Å². The van der Waals surface area contributed by atoms with Gasteiger partial charge in [-0.15, -0.1) is 0 Å². The van der Waals surface area contributed by atoms with Crippen LogP contribution in [0.4, 0.5) is 17.1 Å². The van der Waals surface area contributed by atoms with Crippen LogP contribution in [0.3, 0.4) is 0 Å². The highest BCUT2D eigenvalue weighted by Gasteiger charge is 2.25. The van der Waals surface area contributed by atoms with Gasteiger partial charge in [-0.05, 0) is 36.4 Å². The molecule has 0 unspecified atom stereocenters. The van der Waals surface area contributed by atoms with Crippen LogP contribution in [0, 0.1) is 10.1 Å². The Balaban J connectivity index is 1.37. The van der Waals surface area contributed by atoms with E-state index < -0.39 is 0 Å². The van der Waals surface area contributed by atoms with Crippen molar-refractivity contribution in [2.75, 3.05) is 36.0 Å². The Kier molecular flexibility index (Phi) is 5.20. The van der Waals surface area contributed by atoms with E-state index in [1.807, 2.05) is 24.3 Å². The molecule has 4 aromatic rings. The van der Waals surface area contributed by atoms with Crippen molar-refractivity contribution in [3.63, 3.8) is 0 Å². The van der Waals surface area contributed by atoms with Gasteiger partial charge in [0.05, 0.1) is 4.92 Å². The molecule has 0 radical (unpaired) electrons. The van der Waals surface area contributed by atoms with Crippen molar-refractivity contribution in [1.29, 1.82) is 0 Å². The number of nitro groups is 1. The molecule has 160 valence electrons. The van der Waals surface area contributed by atoms with Crippen LogP contribution in [0.5, 0.6) is 0 Å². The van der Waals surface area contributed by atoms with E-state index in [1.165, 1.54) is 6.07 Å². The van der Waals surface area contributed by atoms with Gasteiger partial charge in [-0.3, -0.25) is 15.1 Å². The van der Waals surface area contributed by atoms with Crippen LogP contribution in [0.1, 0.15) is 0 Å². The zero-order valence-electron chi connectivity index (χ0n) is 17.2. The zero-order valence-corrected chi connectivity index (χ0v) is 17.2. The van der Waals surface area contributed by atoms with Crippen LogP contribution in [0.2, 0.25) is 0 Å². The molecular formula is C23H20N6O3. The van der Waals surface area contributed by atoms with Gasteiger partial charge in [-0.25, -0.2) is 0 Å². The van der Waals surface area contributed by atoms with Crippen molar-refractivity contribution in [2.24, 2.45) is 0 Å². The van der Waals surface area contributed by atoms with Crippen LogP contribution in [-0.4, -0.2) is 46.2 Å². The van der Waals surface area contributed by atoms with Gasteiger partial charge in [-0.1, -0.05) is 29.4 Å². The number of para-hydroxylation sites is 1. The maximum atomic E-state index is 11.9. The molecule has 5 rings (SSSR count). The Morgan fingerprint density at radius 2 is 1.66 bits per heavy atom. The minimum absolute atomic E-state index is 0.0276. The number of nitro benzene ring substituents is 1. The lowest BCUT2D eigenvalue weighted by Gasteiger charge is -2.37. The molecule has 0 bridgehead atoms. The highest BCUT2D eigenvalue weighted by molar-refractivity contribution is 5.72. The first-order valence-corrected chi connectivity index (χ1v) is 10.3. The first-order chi connectivity index (χ1) is 15.7. The summed E-state index contributed by atoms with van der Waals surface area (Å²) >= 11 is 0. The quantitative estimate of drug-likeness (QED) is 0.347. The van der Waals surface area contributed by atoms with Gasteiger partial charge in [0.15, 0.2) is 0 Å². The Bertz CT molecular complexity index is 1220. The summed E-state index contributed by atoms with van der Waals surface area (Å²) < 4.78 is 5.30. The Labute approximate surface area is 184 Å². The highest BCUT2D eigenvalue weighted by Crippen LogP contribution is 2.34. The van der Waals surface area contributed by atoms with E-state index in [9.17, 15) is 10.1 Å². The number of pyridine rings is 1. The largest absolute Gasteiger partial charge is 0.368 e. The van der Waals surface area contributed by atoms with Crippen molar-refractivity contribution in [3.8, 4) is 23.0 Å². The number of hydrogen-bond acceptors (Lipinski definition) is 8. The number of aromatic nitrogens is 3. The van der Waals surface area contributed by atoms with Crippen molar-refractivity contribution in [3.05, 3.63) is 83.0 Å². The smallest absolute Gasteiger partial charge is 0.293 e. The average molecular weight is 428 g/mol. The third-order valence-corrected chi connectivity index (χ3v) is 5.48. The van der Waals surface area contributed by atoms with E-state index >= 15 is 0 Å². The standard InChI is InChI=1S/C23H20N6O3/c30-29(31)21-16-17(22-25-23(32-26-22)19-8-4-5-11-24-19)9-10-20(21)28-14-12-27(13-15-28)18-6-2-1-3-7-18/h1-11,16H,12-15H2. The van der Waals surface area contributed by atoms with Crippen molar-refractivity contribution < 1.29 is 9.45 Å². The molecule has 1 aliphatic rings. The summed E-state index contributed by atoms with van der Waals surface area (Å²) in [5.41, 5.74) is 2.86. The third kappa shape index (κ3) is 3.87. The number of anilines is 2.